The Labute approximate surface area is 126 Å². The summed E-state index contributed by atoms with van der Waals surface area (Å²) in [5, 5.41) is 0. The summed E-state index contributed by atoms with van der Waals surface area (Å²) in [6.07, 6.45) is 3.58. The van der Waals surface area contributed by atoms with E-state index in [-0.39, 0.29) is 0 Å². The molecule has 0 aliphatic rings. The van der Waals surface area contributed by atoms with Crippen LogP contribution in [0.4, 0.5) is 5.69 Å². The Bertz CT molecular complexity index is 586. The number of rotatable bonds is 4. The van der Waals surface area contributed by atoms with Gasteiger partial charge in [0, 0.05) is 41.7 Å². The molecule has 0 atom stereocenters. The lowest BCUT2D eigenvalue weighted by molar-refractivity contribution is 0.918. The second-order valence-electron chi connectivity index (χ2n) is 4.24. The Kier molecular flexibility index (Phi) is 4.50. The summed E-state index contributed by atoms with van der Waals surface area (Å²) >= 11 is 8.55. The number of pyridine rings is 1. The smallest absolute Gasteiger partial charge is 0.106 e. The van der Waals surface area contributed by atoms with E-state index < -0.39 is 0 Å². The minimum Gasteiger partial charge on any atom is -0.389 e. The predicted molar refractivity (Wildman–Crippen MR) is 86.4 cm³/mol. The summed E-state index contributed by atoms with van der Waals surface area (Å²) in [4.78, 5) is 6.54. The number of benzene rings is 1. The first kappa shape index (κ1) is 14.0. The van der Waals surface area contributed by atoms with Crippen LogP contribution >= 0.6 is 28.1 Å². The van der Waals surface area contributed by atoms with Gasteiger partial charge in [-0.15, -0.1) is 0 Å². The van der Waals surface area contributed by atoms with E-state index in [2.05, 4.69) is 25.8 Å². The quantitative estimate of drug-likeness (QED) is 0.871. The van der Waals surface area contributed by atoms with Crippen molar-refractivity contribution in [1.82, 2.24) is 4.98 Å². The van der Waals surface area contributed by atoms with Crippen molar-refractivity contribution >= 4 is 38.8 Å². The maximum atomic E-state index is 5.79. The van der Waals surface area contributed by atoms with E-state index >= 15 is 0 Å². The summed E-state index contributed by atoms with van der Waals surface area (Å²) in [5.41, 5.74) is 8.87. The Morgan fingerprint density at radius 1 is 1.32 bits per heavy atom. The van der Waals surface area contributed by atoms with Gasteiger partial charge in [0.1, 0.15) is 4.99 Å². The number of anilines is 1. The molecule has 3 nitrogen and oxygen atoms in total. The predicted octanol–water partition coefficient (Wildman–Crippen LogP) is 3.11. The Hall–Kier alpha value is -1.46. The molecule has 0 aliphatic heterocycles. The topological polar surface area (TPSA) is 42.2 Å². The van der Waals surface area contributed by atoms with Crippen molar-refractivity contribution in [2.75, 3.05) is 11.9 Å². The lowest BCUT2D eigenvalue weighted by Crippen LogP contribution is -2.21. The van der Waals surface area contributed by atoms with E-state index in [0.29, 0.717) is 4.99 Å². The summed E-state index contributed by atoms with van der Waals surface area (Å²) < 4.78 is 0.969. The van der Waals surface area contributed by atoms with Gasteiger partial charge in [0.2, 0.25) is 0 Å². The van der Waals surface area contributed by atoms with Crippen LogP contribution in [0.3, 0.4) is 0 Å². The molecule has 98 valence electrons. The van der Waals surface area contributed by atoms with E-state index in [1.165, 1.54) is 5.56 Å². The fourth-order valence-corrected chi connectivity index (χ4v) is 2.41. The molecule has 2 aromatic rings. The standard InChI is InChI=1S/C14H14BrN3S/c1-18(9-10-4-6-17-7-5-10)13-3-2-11(15)8-12(13)14(16)19/h2-8H,9H2,1H3,(H2,16,19). The summed E-state index contributed by atoms with van der Waals surface area (Å²) in [5.74, 6) is 0. The van der Waals surface area contributed by atoms with E-state index in [0.717, 1.165) is 22.3 Å². The Morgan fingerprint density at radius 2 is 2.00 bits per heavy atom. The molecule has 0 unspecified atom stereocenters. The molecule has 0 radical (unpaired) electrons. The van der Waals surface area contributed by atoms with E-state index in [1.807, 2.05) is 37.4 Å². The van der Waals surface area contributed by atoms with Crippen LogP contribution in [0, 0.1) is 0 Å². The van der Waals surface area contributed by atoms with Crippen molar-refractivity contribution < 1.29 is 0 Å². The Morgan fingerprint density at radius 3 is 2.63 bits per heavy atom. The van der Waals surface area contributed by atoms with Gasteiger partial charge < -0.3 is 10.6 Å². The zero-order valence-corrected chi connectivity index (χ0v) is 12.9. The lowest BCUT2D eigenvalue weighted by atomic mass is 10.1. The molecule has 1 heterocycles. The first-order chi connectivity index (χ1) is 9.08. The Balaban J connectivity index is 2.28. The number of halogens is 1. The first-order valence-corrected chi connectivity index (χ1v) is 6.97. The highest BCUT2D eigenvalue weighted by atomic mass is 79.9. The second kappa shape index (κ2) is 6.12. The summed E-state index contributed by atoms with van der Waals surface area (Å²) in [6.45, 7) is 0.778. The molecule has 0 amide bonds. The highest BCUT2D eigenvalue weighted by Crippen LogP contribution is 2.25. The molecule has 0 fully saturated rings. The molecule has 1 aromatic heterocycles. The minimum absolute atomic E-state index is 0.401. The summed E-state index contributed by atoms with van der Waals surface area (Å²) in [7, 11) is 2.02. The third-order valence-corrected chi connectivity index (χ3v) is 3.52. The van der Waals surface area contributed by atoms with Crippen LogP contribution < -0.4 is 10.6 Å². The second-order valence-corrected chi connectivity index (χ2v) is 5.59. The molecular formula is C14H14BrN3S. The zero-order valence-electron chi connectivity index (χ0n) is 10.5. The third-order valence-electron chi connectivity index (χ3n) is 2.80. The first-order valence-electron chi connectivity index (χ1n) is 5.77. The lowest BCUT2D eigenvalue weighted by Gasteiger charge is -2.22. The number of hydrogen-bond donors (Lipinski definition) is 1. The van der Waals surface area contributed by atoms with E-state index in [1.54, 1.807) is 12.4 Å². The molecule has 2 rings (SSSR count). The molecule has 0 saturated carbocycles. The molecule has 2 N–H and O–H groups in total. The normalized spacial score (nSPS) is 10.2. The molecule has 5 heteroatoms. The van der Waals surface area contributed by atoms with Gasteiger partial charge in [0.15, 0.2) is 0 Å². The van der Waals surface area contributed by atoms with Crippen LogP contribution in [0.25, 0.3) is 0 Å². The maximum Gasteiger partial charge on any atom is 0.106 e. The van der Waals surface area contributed by atoms with Gasteiger partial charge >= 0.3 is 0 Å². The number of nitrogens with two attached hydrogens (primary N) is 1. The number of nitrogens with zero attached hydrogens (tertiary/aromatic N) is 2. The number of aromatic nitrogens is 1. The molecule has 19 heavy (non-hydrogen) atoms. The SMILES string of the molecule is CN(Cc1ccncc1)c1ccc(Br)cc1C(N)=S. The van der Waals surface area contributed by atoms with E-state index in [4.69, 9.17) is 18.0 Å². The van der Waals surface area contributed by atoms with Crippen molar-refractivity contribution in [3.05, 3.63) is 58.3 Å². The maximum absolute atomic E-state index is 5.79. The average molecular weight is 336 g/mol. The van der Waals surface area contributed by atoms with Crippen molar-refractivity contribution in [3.63, 3.8) is 0 Å². The van der Waals surface area contributed by atoms with Crippen LogP contribution in [0.2, 0.25) is 0 Å². The molecular weight excluding hydrogens is 322 g/mol. The van der Waals surface area contributed by atoms with Gasteiger partial charge in [-0.1, -0.05) is 28.1 Å². The van der Waals surface area contributed by atoms with Crippen LogP contribution in [0.15, 0.2) is 47.2 Å². The highest BCUT2D eigenvalue weighted by Gasteiger charge is 2.10. The molecule has 1 aromatic carbocycles. The van der Waals surface area contributed by atoms with E-state index in [9.17, 15) is 0 Å². The fraction of sp³-hybridized carbons (Fsp3) is 0.143. The van der Waals surface area contributed by atoms with Crippen molar-refractivity contribution in [1.29, 1.82) is 0 Å². The molecule has 0 saturated heterocycles. The summed E-state index contributed by atoms with van der Waals surface area (Å²) in [6, 6.07) is 9.94. The van der Waals surface area contributed by atoms with Crippen LogP contribution in [0.1, 0.15) is 11.1 Å². The minimum atomic E-state index is 0.401. The fourth-order valence-electron chi connectivity index (χ4n) is 1.89. The third kappa shape index (κ3) is 3.52. The highest BCUT2D eigenvalue weighted by molar-refractivity contribution is 9.10. The monoisotopic (exact) mass is 335 g/mol. The van der Waals surface area contributed by atoms with Gasteiger partial charge in [-0.25, -0.2) is 0 Å². The molecule has 0 aliphatic carbocycles. The largest absolute Gasteiger partial charge is 0.389 e. The van der Waals surface area contributed by atoms with Gasteiger partial charge in [-0.3, -0.25) is 4.98 Å². The van der Waals surface area contributed by atoms with Crippen LogP contribution in [0.5, 0.6) is 0 Å². The number of hydrogen-bond acceptors (Lipinski definition) is 3. The van der Waals surface area contributed by atoms with Crippen molar-refractivity contribution in [2.24, 2.45) is 5.73 Å². The number of thiocarbonyl (C=S) groups is 1. The molecule has 0 spiro atoms. The van der Waals surface area contributed by atoms with Gasteiger partial charge in [-0.05, 0) is 35.9 Å². The average Bonchev–Trinajstić information content (AvgIpc) is 2.39. The van der Waals surface area contributed by atoms with Crippen LogP contribution in [-0.2, 0) is 6.54 Å². The van der Waals surface area contributed by atoms with Gasteiger partial charge in [0.05, 0.1) is 0 Å². The van der Waals surface area contributed by atoms with Crippen LogP contribution in [-0.4, -0.2) is 17.0 Å². The zero-order chi connectivity index (χ0) is 13.8. The van der Waals surface area contributed by atoms with Crippen molar-refractivity contribution in [2.45, 2.75) is 6.54 Å². The van der Waals surface area contributed by atoms with Gasteiger partial charge in [0.25, 0.3) is 0 Å². The molecule has 0 bridgehead atoms. The van der Waals surface area contributed by atoms with Crippen molar-refractivity contribution in [3.8, 4) is 0 Å². The van der Waals surface area contributed by atoms with Gasteiger partial charge in [-0.2, -0.15) is 0 Å².